The Bertz CT molecular complexity index is 268. The Morgan fingerprint density at radius 2 is 2.07 bits per heavy atom. The highest BCUT2D eigenvalue weighted by Crippen LogP contribution is 2.11. The van der Waals surface area contributed by atoms with Gasteiger partial charge in [0.1, 0.15) is 0 Å². The number of nitrogens with zero attached hydrogens (tertiary/aromatic N) is 4. The van der Waals surface area contributed by atoms with E-state index in [4.69, 9.17) is 0 Å². The molecule has 1 aromatic heterocycles. The zero-order chi connectivity index (χ0) is 10.6. The van der Waals surface area contributed by atoms with E-state index in [2.05, 4.69) is 41.6 Å². The number of nitrogens with one attached hydrogen (secondary N) is 1. The van der Waals surface area contributed by atoms with E-state index in [9.17, 15) is 0 Å². The summed E-state index contributed by atoms with van der Waals surface area (Å²) in [4.78, 5) is 0. The molecule has 1 unspecified atom stereocenters. The molecular formula is C9H19N5. The molecule has 5 nitrogen and oxygen atoms in total. The molecule has 14 heavy (non-hydrogen) atoms. The van der Waals surface area contributed by atoms with Crippen LogP contribution in [-0.4, -0.2) is 27.3 Å². The summed E-state index contributed by atoms with van der Waals surface area (Å²) >= 11 is 0. The predicted octanol–water partition coefficient (Wildman–Crippen LogP) is 0.685. The van der Waals surface area contributed by atoms with E-state index in [-0.39, 0.29) is 0 Å². The van der Waals surface area contributed by atoms with E-state index in [1.165, 1.54) is 0 Å². The molecule has 0 aromatic carbocycles. The zero-order valence-electron chi connectivity index (χ0n) is 9.36. The van der Waals surface area contributed by atoms with Crippen LogP contribution in [0.25, 0.3) is 0 Å². The molecule has 0 saturated heterocycles. The summed E-state index contributed by atoms with van der Waals surface area (Å²) in [5, 5.41) is 14.7. The molecule has 0 saturated carbocycles. The minimum absolute atomic E-state index is 0.592. The lowest BCUT2D eigenvalue weighted by Crippen LogP contribution is -2.19. The van der Waals surface area contributed by atoms with Gasteiger partial charge in [0.2, 0.25) is 0 Å². The van der Waals surface area contributed by atoms with Crippen LogP contribution in [0.4, 0.5) is 0 Å². The largest absolute Gasteiger partial charge is 0.313 e. The van der Waals surface area contributed by atoms with Crippen molar-refractivity contribution in [2.24, 2.45) is 11.8 Å². The van der Waals surface area contributed by atoms with Crippen molar-refractivity contribution < 1.29 is 0 Å². The van der Waals surface area contributed by atoms with Crippen LogP contribution in [0.15, 0.2) is 0 Å². The van der Waals surface area contributed by atoms with Gasteiger partial charge in [-0.25, -0.2) is 4.68 Å². The van der Waals surface area contributed by atoms with Crippen LogP contribution < -0.4 is 5.32 Å². The average molecular weight is 197 g/mol. The van der Waals surface area contributed by atoms with Gasteiger partial charge in [-0.2, -0.15) is 0 Å². The quantitative estimate of drug-likeness (QED) is 0.754. The van der Waals surface area contributed by atoms with Gasteiger partial charge in [0.25, 0.3) is 0 Å². The topological polar surface area (TPSA) is 55.6 Å². The van der Waals surface area contributed by atoms with E-state index < -0.39 is 0 Å². The first-order valence-corrected chi connectivity index (χ1v) is 5.04. The number of hydrogen-bond donors (Lipinski definition) is 1. The van der Waals surface area contributed by atoms with Crippen molar-refractivity contribution in [2.75, 3.05) is 7.05 Å². The molecule has 1 N–H and O–H groups in total. The second-order valence-electron chi connectivity index (χ2n) is 4.03. The van der Waals surface area contributed by atoms with E-state index >= 15 is 0 Å². The molecule has 1 atom stereocenters. The van der Waals surface area contributed by atoms with E-state index in [0.717, 1.165) is 18.9 Å². The first-order valence-electron chi connectivity index (χ1n) is 5.04. The van der Waals surface area contributed by atoms with Crippen molar-refractivity contribution in [3.63, 3.8) is 0 Å². The molecular weight excluding hydrogens is 178 g/mol. The number of tetrazole rings is 1. The molecule has 1 rings (SSSR count). The number of aromatic nitrogens is 4. The van der Waals surface area contributed by atoms with Gasteiger partial charge in [-0.3, -0.25) is 0 Å². The summed E-state index contributed by atoms with van der Waals surface area (Å²) in [6.07, 6.45) is 0. The monoisotopic (exact) mass is 197 g/mol. The molecule has 0 radical (unpaired) electrons. The molecule has 5 heteroatoms. The van der Waals surface area contributed by atoms with E-state index in [1.807, 2.05) is 11.7 Å². The summed E-state index contributed by atoms with van der Waals surface area (Å²) in [5.74, 6) is 2.15. The van der Waals surface area contributed by atoms with E-state index in [1.54, 1.807) is 0 Å². The highest BCUT2D eigenvalue weighted by molar-refractivity contribution is 4.79. The van der Waals surface area contributed by atoms with Gasteiger partial charge in [-0.05, 0) is 29.3 Å². The predicted molar refractivity (Wildman–Crippen MR) is 54.6 cm³/mol. The molecule has 0 aliphatic rings. The van der Waals surface area contributed by atoms with Crippen LogP contribution in [0, 0.1) is 11.8 Å². The van der Waals surface area contributed by atoms with Gasteiger partial charge in [0.15, 0.2) is 5.82 Å². The molecule has 1 aromatic rings. The Morgan fingerprint density at radius 1 is 1.36 bits per heavy atom. The van der Waals surface area contributed by atoms with Gasteiger partial charge < -0.3 is 5.32 Å². The van der Waals surface area contributed by atoms with E-state index in [0.29, 0.717) is 11.8 Å². The molecule has 0 bridgehead atoms. The Labute approximate surface area is 84.9 Å². The Hall–Kier alpha value is -0.970. The average Bonchev–Trinajstić information content (AvgIpc) is 2.53. The van der Waals surface area contributed by atoms with Crippen LogP contribution in [0.1, 0.15) is 26.6 Å². The fourth-order valence-corrected chi connectivity index (χ4v) is 1.13. The molecule has 0 fully saturated rings. The first-order chi connectivity index (χ1) is 6.65. The lowest BCUT2D eigenvalue weighted by molar-refractivity contribution is 0.338. The molecule has 1 heterocycles. The molecule has 0 spiro atoms. The van der Waals surface area contributed by atoms with Crippen LogP contribution >= 0.6 is 0 Å². The molecule has 0 aliphatic heterocycles. The SMILES string of the molecule is CNCc1nnnn1CC(C)C(C)C. The third-order valence-electron chi connectivity index (χ3n) is 2.54. The second-order valence-corrected chi connectivity index (χ2v) is 4.03. The Kier molecular flexibility index (Phi) is 4.00. The standard InChI is InChI=1S/C9H19N5/c1-7(2)8(3)6-14-9(5-10-4)11-12-13-14/h7-8,10H,5-6H2,1-4H3. The van der Waals surface area contributed by atoms with Crippen molar-refractivity contribution in [3.05, 3.63) is 5.82 Å². The van der Waals surface area contributed by atoms with Gasteiger partial charge in [0, 0.05) is 6.54 Å². The van der Waals surface area contributed by atoms with Gasteiger partial charge in [0.05, 0.1) is 6.54 Å². The maximum Gasteiger partial charge on any atom is 0.165 e. The molecule has 0 aliphatic carbocycles. The summed E-state index contributed by atoms with van der Waals surface area (Å²) in [6, 6.07) is 0. The number of rotatable bonds is 5. The second kappa shape index (κ2) is 5.05. The maximum atomic E-state index is 3.97. The Balaban J connectivity index is 2.61. The van der Waals surface area contributed by atoms with Crippen molar-refractivity contribution in [1.82, 2.24) is 25.5 Å². The smallest absolute Gasteiger partial charge is 0.165 e. The van der Waals surface area contributed by atoms with Crippen LogP contribution in [0.5, 0.6) is 0 Å². The summed E-state index contributed by atoms with van der Waals surface area (Å²) in [5.41, 5.74) is 0. The maximum absolute atomic E-state index is 3.97. The fourth-order valence-electron chi connectivity index (χ4n) is 1.13. The lowest BCUT2D eigenvalue weighted by Gasteiger charge is -2.15. The minimum Gasteiger partial charge on any atom is -0.313 e. The fraction of sp³-hybridized carbons (Fsp3) is 0.889. The zero-order valence-corrected chi connectivity index (χ0v) is 9.36. The molecule has 0 amide bonds. The normalized spacial score (nSPS) is 13.5. The third kappa shape index (κ3) is 2.77. The van der Waals surface area contributed by atoms with Crippen LogP contribution in [0.3, 0.4) is 0 Å². The van der Waals surface area contributed by atoms with Crippen LogP contribution in [0.2, 0.25) is 0 Å². The Morgan fingerprint density at radius 3 is 2.64 bits per heavy atom. The van der Waals surface area contributed by atoms with Crippen LogP contribution in [-0.2, 0) is 13.1 Å². The third-order valence-corrected chi connectivity index (χ3v) is 2.54. The van der Waals surface area contributed by atoms with Gasteiger partial charge in [-0.1, -0.05) is 20.8 Å². The lowest BCUT2D eigenvalue weighted by atomic mass is 9.98. The highest BCUT2D eigenvalue weighted by Gasteiger charge is 2.11. The summed E-state index contributed by atoms with van der Waals surface area (Å²) in [6.45, 7) is 8.26. The first kappa shape index (κ1) is 11.1. The van der Waals surface area contributed by atoms with Crippen molar-refractivity contribution in [1.29, 1.82) is 0 Å². The van der Waals surface area contributed by atoms with Crippen molar-refractivity contribution >= 4 is 0 Å². The van der Waals surface area contributed by atoms with Gasteiger partial charge in [-0.15, -0.1) is 5.10 Å². The summed E-state index contributed by atoms with van der Waals surface area (Å²) < 4.78 is 1.88. The van der Waals surface area contributed by atoms with Gasteiger partial charge >= 0.3 is 0 Å². The number of hydrogen-bond acceptors (Lipinski definition) is 4. The van der Waals surface area contributed by atoms with Crippen molar-refractivity contribution in [2.45, 2.75) is 33.9 Å². The molecule has 80 valence electrons. The van der Waals surface area contributed by atoms with Crippen molar-refractivity contribution in [3.8, 4) is 0 Å². The minimum atomic E-state index is 0.592. The summed E-state index contributed by atoms with van der Waals surface area (Å²) in [7, 11) is 1.89. The highest BCUT2D eigenvalue weighted by atomic mass is 15.5.